The van der Waals surface area contributed by atoms with Crippen LogP contribution in [-0.4, -0.2) is 23.7 Å². The Morgan fingerprint density at radius 1 is 1.06 bits per heavy atom. The van der Waals surface area contributed by atoms with Gasteiger partial charge in [-0.1, -0.05) is 35.3 Å². The molecule has 1 amide bonds. The normalized spacial score (nSPS) is 10.8. The van der Waals surface area contributed by atoms with Crippen LogP contribution >= 0.6 is 23.2 Å². The average molecular weight is 488 g/mol. The fourth-order valence-corrected chi connectivity index (χ4v) is 3.31. The van der Waals surface area contributed by atoms with Gasteiger partial charge in [0.2, 0.25) is 0 Å². The van der Waals surface area contributed by atoms with E-state index < -0.39 is 10.8 Å². The zero-order valence-electron chi connectivity index (χ0n) is 17.5. The summed E-state index contributed by atoms with van der Waals surface area (Å²) in [5, 5.41) is 15.8. The highest BCUT2D eigenvalue weighted by molar-refractivity contribution is 6.35. The van der Waals surface area contributed by atoms with Crippen molar-refractivity contribution in [3.63, 3.8) is 0 Å². The standard InChI is InChI=1S/C23H19Cl2N3O5/c1-2-32-22-11-15(9-10-21(22)33-14-18-19(24)7-4-8-20(18)25)13-26-27-23(29)16-5-3-6-17(12-16)28(30)31/h3-13H,2,14H2,1H3,(H,27,29)/b26-13-. The molecule has 170 valence electrons. The lowest BCUT2D eigenvalue weighted by atomic mass is 10.2. The molecule has 3 aromatic rings. The number of amides is 1. The summed E-state index contributed by atoms with van der Waals surface area (Å²) >= 11 is 12.4. The number of nitrogens with one attached hydrogen (secondary N) is 1. The molecule has 0 radical (unpaired) electrons. The molecule has 0 aliphatic heterocycles. The van der Waals surface area contributed by atoms with Crippen molar-refractivity contribution in [2.24, 2.45) is 5.10 Å². The second kappa shape index (κ2) is 11.3. The van der Waals surface area contributed by atoms with Crippen LogP contribution in [0.15, 0.2) is 65.8 Å². The van der Waals surface area contributed by atoms with Gasteiger partial charge in [0.05, 0.1) is 17.7 Å². The summed E-state index contributed by atoms with van der Waals surface area (Å²) in [5.41, 5.74) is 3.59. The maximum atomic E-state index is 12.2. The number of carbonyl (C=O) groups is 1. The molecule has 0 saturated heterocycles. The maximum absolute atomic E-state index is 12.2. The van der Waals surface area contributed by atoms with E-state index >= 15 is 0 Å². The van der Waals surface area contributed by atoms with Gasteiger partial charge < -0.3 is 9.47 Å². The Labute approximate surface area is 199 Å². The summed E-state index contributed by atoms with van der Waals surface area (Å²) in [4.78, 5) is 22.5. The summed E-state index contributed by atoms with van der Waals surface area (Å²) in [6, 6.07) is 15.7. The topological polar surface area (TPSA) is 103 Å². The Kier molecular flexibility index (Phi) is 8.23. The molecule has 0 spiro atoms. The molecule has 0 fully saturated rings. The molecule has 3 rings (SSSR count). The fourth-order valence-electron chi connectivity index (χ4n) is 2.80. The van der Waals surface area contributed by atoms with Crippen molar-refractivity contribution < 1.29 is 19.2 Å². The van der Waals surface area contributed by atoms with Crippen LogP contribution in [0.4, 0.5) is 5.69 Å². The number of hydrogen-bond acceptors (Lipinski definition) is 6. The Morgan fingerprint density at radius 3 is 2.48 bits per heavy atom. The van der Waals surface area contributed by atoms with E-state index in [0.29, 0.717) is 39.3 Å². The van der Waals surface area contributed by atoms with E-state index in [0.717, 1.165) is 0 Å². The minimum atomic E-state index is -0.573. The van der Waals surface area contributed by atoms with Crippen molar-refractivity contribution in [1.29, 1.82) is 0 Å². The van der Waals surface area contributed by atoms with E-state index in [1.807, 2.05) is 6.92 Å². The van der Waals surface area contributed by atoms with Crippen LogP contribution in [-0.2, 0) is 6.61 Å². The van der Waals surface area contributed by atoms with Crippen molar-refractivity contribution in [2.45, 2.75) is 13.5 Å². The fraction of sp³-hybridized carbons (Fsp3) is 0.130. The second-order valence-corrected chi connectivity index (χ2v) is 7.45. The first-order chi connectivity index (χ1) is 15.9. The van der Waals surface area contributed by atoms with Gasteiger partial charge in [-0.2, -0.15) is 5.10 Å². The molecular weight excluding hydrogens is 469 g/mol. The van der Waals surface area contributed by atoms with E-state index in [1.165, 1.54) is 30.5 Å². The largest absolute Gasteiger partial charge is 0.490 e. The van der Waals surface area contributed by atoms with Gasteiger partial charge in [0.1, 0.15) is 6.61 Å². The monoisotopic (exact) mass is 487 g/mol. The van der Waals surface area contributed by atoms with Crippen molar-refractivity contribution in [3.05, 3.63) is 97.5 Å². The lowest BCUT2D eigenvalue weighted by molar-refractivity contribution is -0.384. The summed E-state index contributed by atoms with van der Waals surface area (Å²) in [5.74, 6) is 0.400. The first kappa shape index (κ1) is 24.0. The zero-order valence-corrected chi connectivity index (χ0v) is 19.0. The maximum Gasteiger partial charge on any atom is 0.271 e. The number of nitro benzene ring substituents is 1. The van der Waals surface area contributed by atoms with Gasteiger partial charge in [-0.3, -0.25) is 14.9 Å². The summed E-state index contributed by atoms with van der Waals surface area (Å²) in [7, 11) is 0. The van der Waals surface area contributed by atoms with Gasteiger partial charge in [-0.15, -0.1) is 0 Å². The highest BCUT2D eigenvalue weighted by atomic mass is 35.5. The lowest BCUT2D eigenvalue weighted by Crippen LogP contribution is -2.17. The van der Waals surface area contributed by atoms with E-state index in [4.69, 9.17) is 32.7 Å². The summed E-state index contributed by atoms with van der Waals surface area (Å²) in [6.45, 7) is 2.41. The molecule has 0 heterocycles. The van der Waals surface area contributed by atoms with Crippen molar-refractivity contribution in [1.82, 2.24) is 5.43 Å². The molecule has 1 N–H and O–H groups in total. The van der Waals surface area contributed by atoms with Crippen LogP contribution in [0.2, 0.25) is 10.0 Å². The molecule has 0 aliphatic rings. The van der Waals surface area contributed by atoms with Gasteiger partial charge in [-0.05, 0) is 48.9 Å². The van der Waals surface area contributed by atoms with Crippen LogP contribution in [0, 0.1) is 10.1 Å². The Hall–Kier alpha value is -3.62. The summed E-state index contributed by atoms with van der Waals surface area (Å²) < 4.78 is 11.5. The molecule has 33 heavy (non-hydrogen) atoms. The van der Waals surface area contributed by atoms with E-state index in [2.05, 4.69) is 10.5 Å². The van der Waals surface area contributed by atoms with Crippen LogP contribution in [0.1, 0.15) is 28.4 Å². The SMILES string of the molecule is CCOc1cc(/C=N\NC(=O)c2cccc([N+](=O)[O-])c2)ccc1OCc1c(Cl)cccc1Cl. The van der Waals surface area contributed by atoms with Gasteiger partial charge in [0, 0.05) is 33.3 Å². The van der Waals surface area contributed by atoms with Crippen molar-refractivity contribution >= 4 is 41.0 Å². The number of hydrazone groups is 1. The van der Waals surface area contributed by atoms with E-state index in [-0.39, 0.29) is 17.9 Å². The predicted molar refractivity (Wildman–Crippen MR) is 127 cm³/mol. The molecule has 0 bridgehead atoms. The number of nitro groups is 1. The number of benzene rings is 3. The predicted octanol–water partition coefficient (Wildman–Crippen LogP) is 5.64. The Bertz CT molecular complexity index is 1180. The smallest absolute Gasteiger partial charge is 0.271 e. The van der Waals surface area contributed by atoms with Crippen LogP contribution in [0.25, 0.3) is 0 Å². The number of halogens is 2. The number of nitrogens with zero attached hydrogens (tertiary/aromatic N) is 2. The first-order valence-electron chi connectivity index (χ1n) is 9.79. The first-order valence-corrected chi connectivity index (χ1v) is 10.5. The number of ether oxygens (including phenoxy) is 2. The minimum Gasteiger partial charge on any atom is -0.490 e. The third kappa shape index (κ3) is 6.44. The number of non-ortho nitro benzene ring substituents is 1. The molecule has 10 heteroatoms. The number of carbonyl (C=O) groups excluding carboxylic acids is 1. The molecule has 8 nitrogen and oxygen atoms in total. The molecule has 0 unspecified atom stereocenters. The Balaban J connectivity index is 1.69. The Morgan fingerprint density at radius 2 is 1.79 bits per heavy atom. The molecule has 3 aromatic carbocycles. The second-order valence-electron chi connectivity index (χ2n) is 6.63. The molecule has 0 aromatic heterocycles. The lowest BCUT2D eigenvalue weighted by Gasteiger charge is -2.14. The van der Waals surface area contributed by atoms with Crippen molar-refractivity contribution in [2.75, 3.05) is 6.61 Å². The van der Waals surface area contributed by atoms with Crippen molar-refractivity contribution in [3.8, 4) is 11.5 Å². The average Bonchev–Trinajstić information content (AvgIpc) is 2.80. The quantitative estimate of drug-likeness (QED) is 0.239. The van der Waals surface area contributed by atoms with Gasteiger partial charge in [0.25, 0.3) is 11.6 Å². The van der Waals surface area contributed by atoms with E-state index in [1.54, 1.807) is 36.4 Å². The molecule has 0 atom stereocenters. The third-order valence-electron chi connectivity index (χ3n) is 4.40. The van der Waals surface area contributed by atoms with E-state index in [9.17, 15) is 14.9 Å². The van der Waals surface area contributed by atoms with Crippen LogP contribution < -0.4 is 14.9 Å². The summed E-state index contributed by atoms with van der Waals surface area (Å²) in [6.07, 6.45) is 1.42. The minimum absolute atomic E-state index is 0.123. The third-order valence-corrected chi connectivity index (χ3v) is 5.11. The molecular formula is C23H19Cl2N3O5. The number of hydrogen-bond donors (Lipinski definition) is 1. The van der Waals surface area contributed by atoms with Crippen LogP contribution in [0.3, 0.4) is 0 Å². The van der Waals surface area contributed by atoms with Gasteiger partial charge in [-0.25, -0.2) is 5.43 Å². The molecule has 0 saturated carbocycles. The van der Waals surface area contributed by atoms with Gasteiger partial charge >= 0.3 is 0 Å². The number of rotatable bonds is 9. The van der Waals surface area contributed by atoms with Crippen LogP contribution in [0.5, 0.6) is 11.5 Å². The highest BCUT2D eigenvalue weighted by Crippen LogP contribution is 2.31. The highest BCUT2D eigenvalue weighted by Gasteiger charge is 2.12. The zero-order chi connectivity index (χ0) is 23.8. The molecule has 0 aliphatic carbocycles. The van der Waals surface area contributed by atoms with Gasteiger partial charge in [0.15, 0.2) is 11.5 Å².